The largest absolute Gasteiger partial charge is 0.466 e. The standard InChI is InChI=1S/C10H14O3.C2H6/c1-3-13-10(12)9-6-4-5-8(9)7(2)11;1-2/h5,9H,3-4,6H2,1-2H3;1-2H3. The second kappa shape index (κ2) is 7.21. The lowest BCUT2D eigenvalue weighted by molar-refractivity contribution is -0.147. The van der Waals surface area contributed by atoms with Crippen molar-refractivity contribution in [3.8, 4) is 0 Å². The Kier molecular flexibility index (Phi) is 6.67. The Labute approximate surface area is 91.5 Å². The van der Waals surface area contributed by atoms with Gasteiger partial charge in [-0.1, -0.05) is 19.9 Å². The highest BCUT2D eigenvalue weighted by Crippen LogP contribution is 2.27. The third-order valence-electron chi connectivity index (χ3n) is 2.17. The van der Waals surface area contributed by atoms with Crippen LogP contribution in [-0.2, 0) is 14.3 Å². The summed E-state index contributed by atoms with van der Waals surface area (Å²) in [6.07, 6.45) is 3.36. The van der Waals surface area contributed by atoms with Gasteiger partial charge in [-0.3, -0.25) is 9.59 Å². The lowest BCUT2D eigenvalue weighted by atomic mass is 9.99. The van der Waals surface area contributed by atoms with Crippen LogP contribution >= 0.6 is 0 Å². The van der Waals surface area contributed by atoms with Crippen molar-refractivity contribution in [2.24, 2.45) is 5.92 Å². The van der Waals surface area contributed by atoms with Crippen LogP contribution in [0.2, 0.25) is 0 Å². The molecular formula is C12H20O3. The number of esters is 1. The van der Waals surface area contributed by atoms with Crippen molar-refractivity contribution in [3.63, 3.8) is 0 Å². The molecule has 0 N–H and O–H groups in total. The van der Waals surface area contributed by atoms with Gasteiger partial charge in [0.25, 0.3) is 0 Å². The minimum atomic E-state index is -0.308. The molecule has 0 fully saturated rings. The van der Waals surface area contributed by atoms with Crippen LogP contribution in [0.3, 0.4) is 0 Å². The second-order valence-electron chi connectivity index (χ2n) is 3.10. The van der Waals surface area contributed by atoms with Crippen molar-refractivity contribution in [2.75, 3.05) is 6.61 Å². The summed E-state index contributed by atoms with van der Waals surface area (Å²) in [5.74, 6) is -0.588. The molecule has 0 heterocycles. The van der Waals surface area contributed by atoms with Crippen molar-refractivity contribution in [2.45, 2.75) is 40.5 Å². The Balaban J connectivity index is 0.000000921. The third kappa shape index (κ3) is 3.86. The molecule has 0 aliphatic heterocycles. The number of ketones is 1. The van der Waals surface area contributed by atoms with Crippen LogP contribution in [0.5, 0.6) is 0 Å². The highest BCUT2D eigenvalue weighted by molar-refractivity contribution is 5.99. The van der Waals surface area contributed by atoms with Crippen LogP contribution in [0.1, 0.15) is 40.5 Å². The summed E-state index contributed by atoms with van der Waals surface area (Å²) in [4.78, 5) is 22.4. The number of carbonyl (C=O) groups excluding carboxylic acids is 2. The Hall–Kier alpha value is -1.12. The summed E-state index contributed by atoms with van der Waals surface area (Å²) in [6, 6.07) is 0. The Morgan fingerprint density at radius 1 is 1.47 bits per heavy atom. The van der Waals surface area contributed by atoms with Gasteiger partial charge in [0.05, 0.1) is 12.5 Å². The first-order valence-corrected chi connectivity index (χ1v) is 5.54. The number of hydrogen-bond acceptors (Lipinski definition) is 3. The van der Waals surface area contributed by atoms with E-state index in [9.17, 15) is 9.59 Å². The molecule has 1 rings (SSSR count). The Morgan fingerprint density at radius 3 is 2.53 bits per heavy atom. The van der Waals surface area contributed by atoms with Gasteiger partial charge < -0.3 is 4.74 Å². The summed E-state index contributed by atoms with van der Waals surface area (Å²) < 4.78 is 4.87. The molecule has 3 heteroatoms. The first-order valence-electron chi connectivity index (χ1n) is 5.54. The molecule has 0 radical (unpaired) electrons. The highest BCUT2D eigenvalue weighted by atomic mass is 16.5. The predicted molar refractivity (Wildman–Crippen MR) is 59.5 cm³/mol. The van der Waals surface area contributed by atoms with Gasteiger partial charge in [-0.15, -0.1) is 0 Å². The van der Waals surface area contributed by atoms with Gasteiger partial charge in [0.15, 0.2) is 5.78 Å². The molecule has 0 aromatic heterocycles. The van der Waals surface area contributed by atoms with Gasteiger partial charge in [-0.2, -0.15) is 0 Å². The fourth-order valence-electron chi connectivity index (χ4n) is 1.58. The molecule has 3 nitrogen and oxygen atoms in total. The minimum Gasteiger partial charge on any atom is -0.466 e. The zero-order valence-electron chi connectivity index (χ0n) is 10.0. The van der Waals surface area contributed by atoms with Gasteiger partial charge in [-0.25, -0.2) is 0 Å². The lowest BCUT2D eigenvalue weighted by Gasteiger charge is -2.10. The first-order chi connectivity index (χ1) is 7.16. The quantitative estimate of drug-likeness (QED) is 0.675. The normalized spacial score (nSPS) is 18.7. The molecule has 15 heavy (non-hydrogen) atoms. The lowest BCUT2D eigenvalue weighted by Crippen LogP contribution is -2.20. The molecule has 1 atom stereocenters. The highest BCUT2D eigenvalue weighted by Gasteiger charge is 2.29. The molecule has 1 aliphatic carbocycles. The zero-order chi connectivity index (χ0) is 11.8. The predicted octanol–water partition coefficient (Wildman–Crippen LogP) is 2.50. The first kappa shape index (κ1) is 13.9. The molecule has 0 spiro atoms. The van der Waals surface area contributed by atoms with E-state index in [1.807, 2.05) is 19.9 Å². The van der Waals surface area contributed by atoms with E-state index in [2.05, 4.69) is 0 Å². The smallest absolute Gasteiger partial charge is 0.313 e. The Morgan fingerprint density at radius 2 is 2.07 bits per heavy atom. The van der Waals surface area contributed by atoms with Crippen LogP contribution in [0.4, 0.5) is 0 Å². The van der Waals surface area contributed by atoms with Crippen LogP contribution in [0, 0.1) is 5.92 Å². The van der Waals surface area contributed by atoms with E-state index in [0.717, 1.165) is 6.42 Å². The van der Waals surface area contributed by atoms with Gasteiger partial charge >= 0.3 is 5.97 Å². The van der Waals surface area contributed by atoms with Crippen LogP contribution in [-0.4, -0.2) is 18.4 Å². The topological polar surface area (TPSA) is 43.4 Å². The van der Waals surface area contributed by atoms with Crippen molar-refractivity contribution >= 4 is 11.8 Å². The van der Waals surface area contributed by atoms with Crippen molar-refractivity contribution in [1.82, 2.24) is 0 Å². The third-order valence-corrected chi connectivity index (χ3v) is 2.17. The molecule has 0 saturated carbocycles. The zero-order valence-corrected chi connectivity index (χ0v) is 10.0. The molecule has 0 aromatic rings. The molecular weight excluding hydrogens is 192 g/mol. The maximum atomic E-state index is 11.3. The maximum Gasteiger partial charge on any atom is 0.313 e. The number of rotatable bonds is 3. The summed E-state index contributed by atoms with van der Waals surface area (Å²) in [5.41, 5.74) is 0.624. The van der Waals surface area contributed by atoms with Crippen molar-refractivity contribution < 1.29 is 14.3 Å². The molecule has 1 unspecified atom stereocenters. The fourth-order valence-corrected chi connectivity index (χ4v) is 1.58. The number of hydrogen-bond donors (Lipinski definition) is 0. The Bertz CT molecular complexity index is 254. The van der Waals surface area contributed by atoms with Crippen molar-refractivity contribution in [1.29, 1.82) is 0 Å². The second-order valence-corrected chi connectivity index (χ2v) is 3.10. The van der Waals surface area contributed by atoms with Crippen LogP contribution < -0.4 is 0 Å². The van der Waals surface area contributed by atoms with E-state index in [1.54, 1.807) is 6.92 Å². The van der Waals surface area contributed by atoms with E-state index in [0.29, 0.717) is 18.6 Å². The van der Waals surface area contributed by atoms with E-state index in [1.165, 1.54) is 6.92 Å². The average Bonchev–Trinajstić information content (AvgIpc) is 2.69. The monoisotopic (exact) mass is 212 g/mol. The van der Waals surface area contributed by atoms with Gasteiger partial charge in [0.1, 0.15) is 0 Å². The van der Waals surface area contributed by atoms with Crippen LogP contribution in [0.25, 0.3) is 0 Å². The number of Topliss-reactive ketones (excluding diaryl/α,β-unsaturated/α-hetero) is 1. The number of ether oxygens (including phenoxy) is 1. The molecule has 0 amide bonds. The SMILES string of the molecule is CC.CCOC(=O)C1CCC=C1C(C)=O. The summed E-state index contributed by atoms with van der Waals surface area (Å²) in [5, 5.41) is 0. The van der Waals surface area contributed by atoms with E-state index in [-0.39, 0.29) is 17.7 Å². The van der Waals surface area contributed by atoms with E-state index in [4.69, 9.17) is 4.74 Å². The number of allylic oxidation sites excluding steroid dienone is 1. The summed E-state index contributed by atoms with van der Waals surface area (Å²) >= 11 is 0. The molecule has 86 valence electrons. The molecule has 0 saturated heterocycles. The summed E-state index contributed by atoms with van der Waals surface area (Å²) in [6.45, 7) is 7.63. The van der Waals surface area contributed by atoms with Gasteiger partial charge in [0.2, 0.25) is 0 Å². The van der Waals surface area contributed by atoms with Crippen LogP contribution in [0.15, 0.2) is 11.6 Å². The summed E-state index contributed by atoms with van der Waals surface area (Å²) in [7, 11) is 0. The average molecular weight is 212 g/mol. The fraction of sp³-hybridized carbons (Fsp3) is 0.667. The minimum absolute atomic E-state index is 0.0180. The molecule has 0 aromatic carbocycles. The molecule has 1 aliphatic rings. The van der Waals surface area contributed by atoms with Gasteiger partial charge in [-0.05, 0) is 26.7 Å². The van der Waals surface area contributed by atoms with E-state index >= 15 is 0 Å². The maximum absolute atomic E-state index is 11.3. The van der Waals surface area contributed by atoms with E-state index < -0.39 is 0 Å². The molecule has 0 bridgehead atoms. The number of carbonyl (C=O) groups is 2. The van der Waals surface area contributed by atoms with Crippen molar-refractivity contribution in [3.05, 3.63) is 11.6 Å². The van der Waals surface area contributed by atoms with Gasteiger partial charge in [0, 0.05) is 5.57 Å².